The van der Waals surface area contributed by atoms with Crippen LogP contribution in [0.4, 0.5) is 0 Å². The molecule has 0 amide bonds. The molecule has 1 N–H and O–H groups in total. The van der Waals surface area contributed by atoms with Crippen LogP contribution in [-0.4, -0.2) is 37.9 Å². The summed E-state index contributed by atoms with van der Waals surface area (Å²) in [6, 6.07) is 8.65. The van der Waals surface area contributed by atoms with Gasteiger partial charge in [0.05, 0.1) is 19.8 Å². The summed E-state index contributed by atoms with van der Waals surface area (Å²) in [6.45, 7) is 8.58. The zero-order chi connectivity index (χ0) is 13.5. The Morgan fingerprint density at radius 3 is 2.58 bits per heavy atom. The quantitative estimate of drug-likeness (QED) is 0.855. The lowest BCUT2D eigenvalue weighted by molar-refractivity contribution is 0.00484. The number of hydrogen-bond acceptors (Lipinski definition) is 4. The van der Waals surface area contributed by atoms with Gasteiger partial charge in [-0.05, 0) is 31.0 Å². The lowest BCUT2D eigenvalue weighted by Crippen LogP contribution is -2.46. The molecule has 1 fully saturated rings. The van der Waals surface area contributed by atoms with E-state index in [0.717, 1.165) is 45.1 Å². The molecule has 4 nitrogen and oxygen atoms in total. The number of nitrogens with one attached hydrogen (secondary N) is 1. The topological polar surface area (TPSA) is 33.7 Å². The molecule has 0 radical (unpaired) electrons. The van der Waals surface area contributed by atoms with Crippen LogP contribution in [0.3, 0.4) is 0 Å². The summed E-state index contributed by atoms with van der Waals surface area (Å²) < 4.78 is 10.9. The maximum atomic E-state index is 5.59. The van der Waals surface area contributed by atoms with Gasteiger partial charge in [-0.25, -0.2) is 10.4 Å². The van der Waals surface area contributed by atoms with Crippen molar-refractivity contribution in [3.63, 3.8) is 0 Å². The second-order valence-electron chi connectivity index (χ2n) is 4.87. The van der Waals surface area contributed by atoms with Crippen LogP contribution in [0.25, 0.3) is 0 Å². The van der Waals surface area contributed by atoms with Gasteiger partial charge in [0.1, 0.15) is 5.75 Å². The number of benzene rings is 1. The van der Waals surface area contributed by atoms with Crippen molar-refractivity contribution < 1.29 is 9.47 Å². The van der Waals surface area contributed by atoms with Gasteiger partial charge in [-0.3, -0.25) is 0 Å². The molecule has 0 aliphatic carbocycles. The third-order valence-corrected chi connectivity index (χ3v) is 3.24. The Kier molecular flexibility index (Phi) is 5.63. The minimum Gasteiger partial charge on any atom is -0.494 e. The van der Waals surface area contributed by atoms with E-state index in [1.807, 2.05) is 12.1 Å². The van der Waals surface area contributed by atoms with E-state index >= 15 is 0 Å². The molecular weight excluding hydrogens is 240 g/mol. The molecule has 1 aromatic rings. The molecule has 1 unspecified atom stereocenters. The highest BCUT2D eigenvalue weighted by molar-refractivity contribution is 5.28. The van der Waals surface area contributed by atoms with E-state index in [2.05, 4.69) is 36.4 Å². The molecule has 1 atom stereocenters. The van der Waals surface area contributed by atoms with Gasteiger partial charge >= 0.3 is 0 Å². The van der Waals surface area contributed by atoms with Crippen molar-refractivity contribution in [2.75, 3.05) is 32.9 Å². The molecular formula is C15H24N2O2. The number of nitrogens with zero attached hydrogens (tertiary/aromatic N) is 1. The maximum absolute atomic E-state index is 5.59. The van der Waals surface area contributed by atoms with Crippen molar-refractivity contribution in [1.82, 2.24) is 10.4 Å². The zero-order valence-electron chi connectivity index (χ0n) is 11.9. The average molecular weight is 264 g/mol. The Bertz CT molecular complexity index is 361. The van der Waals surface area contributed by atoms with E-state index in [1.54, 1.807) is 0 Å². The molecule has 19 heavy (non-hydrogen) atoms. The third-order valence-electron chi connectivity index (χ3n) is 3.24. The molecule has 4 heteroatoms. The van der Waals surface area contributed by atoms with Crippen LogP contribution in [0.1, 0.15) is 31.9 Å². The molecule has 1 aliphatic rings. The first kappa shape index (κ1) is 14.3. The fraction of sp³-hybridized carbons (Fsp3) is 0.600. The SMILES string of the molecule is CCCOc1ccc(C(C)NN2CCOCC2)cc1. The van der Waals surface area contributed by atoms with Crippen molar-refractivity contribution >= 4 is 0 Å². The van der Waals surface area contributed by atoms with E-state index < -0.39 is 0 Å². The summed E-state index contributed by atoms with van der Waals surface area (Å²) in [6.07, 6.45) is 1.04. The molecule has 0 saturated carbocycles. The van der Waals surface area contributed by atoms with Crippen molar-refractivity contribution in [2.45, 2.75) is 26.3 Å². The molecule has 2 rings (SSSR count). The maximum Gasteiger partial charge on any atom is 0.119 e. The summed E-state index contributed by atoms with van der Waals surface area (Å²) in [4.78, 5) is 0. The van der Waals surface area contributed by atoms with Crippen molar-refractivity contribution in [3.05, 3.63) is 29.8 Å². The van der Waals surface area contributed by atoms with Crippen LogP contribution in [-0.2, 0) is 4.74 Å². The Labute approximate surface area is 115 Å². The van der Waals surface area contributed by atoms with Crippen LogP contribution in [0.2, 0.25) is 0 Å². The summed E-state index contributed by atoms with van der Waals surface area (Å²) in [7, 11) is 0. The van der Waals surface area contributed by atoms with Gasteiger partial charge in [0.2, 0.25) is 0 Å². The van der Waals surface area contributed by atoms with E-state index in [9.17, 15) is 0 Å². The first-order valence-corrected chi connectivity index (χ1v) is 7.11. The normalized spacial score (nSPS) is 18.2. The summed E-state index contributed by atoms with van der Waals surface area (Å²) in [5, 5.41) is 2.23. The fourth-order valence-electron chi connectivity index (χ4n) is 2.11. The second kappa shape index (κ2) is 7.48. The standard InChI is InChI=1S/C15H24N2O2/c1-3-10-19-15-6-4-14(5-7-15)13(2)16-17-8-11-18-12-9-17/h4-7,13,16H,3,8-12H2,1-2H3. The lowest BCUT2D eigenvalue weighted by atomic mass is 10.1. The van der Waals surface area contributed by atoms with Crippen LogP contribution in [0.5, 0.6) is 5.75 Å². The molecule has 1 saturated heterocycles. The molecule has 1 aliphatic heterocycles. The molecule has 0 bridgehead atoms. The smallest absolute Gasteiger partial charge is 0.119 e. The van der Waals surface area contributed by atoms with Crippen molar-refractivity contribution in [2.24, 2.45) is 0 Å². The number of hydrogen-bond donors (Lipinski definition) is 1. The first-order valence-electron chi connectivity index (χ1n) is 7.11. The minimum atomic E-state index is 0.304. The van der Waals surface area contributed by atoms with Gasteiger partial charge in [-0.1, -0.05) is 19.1 Å². The summed E-state index contributed by atoms with van der Waals surface area (Å²) in [5.74, 6) is 0.948. The molecule has 0 aromatic heterocycles. The van der Waals surface area contributed by atoms with E-state index in [4.69, 9.17) is 9.47 Å². The van der Waals surface area contributed by atoms with E-state index in [0.29, 0.717) is 6.04 Å². The molecule has 0 spiro atoms. The lowest BCUT2D eigenvalue weighted by Gasteiger charge is -2.30. The van der Waals surface area contributed by atoms with Gasteiger partial charge in [-0.15, -0.1) is 0 Å². The second-order valence-corrected chi connectivity index (χ2v) is 4.87. The van der Waals surface area contributed by atoms with Crippen molar-refractivity contribution in [3.8, 4) is 5.75 Å². The van der Waals surface area contributed by atoms with Gasteiger partial charge < -0.3 is 9.47 Å². The van der Waals surface area contributed by atoms with Crippen molar-refractivity contribution in [1.29, 1.82) is 0 Å². The number of rotatable bonds is 6. The van der Waals surface area contributed by atoms with Crippen LogP contribution < -0.4 is 10.2 Å². The Morgan fingerprint density at radius 2 is 1.95 bits per heavy atom. The van der Waals surface area contributed by atoms with E-state index in [1.165, 1.54) is 5.56 Å². The first-order chi connectivity index (χ1) is 9.29. The predicted molar refractivity (Wildman–Crippen MR) is 76.2 cm³/mol. The van der Waals surface area contributed by atoms with Gasteiger partial charge in [0.25, 0.3) is 0 Å². The largest absolute Gasteiger partial charge is 0.494 e. The number of morpholine rings is 1. The van der Waals surface area contributed by atoms with Crippen LogP contribution in [0.15, 0.2) is 24.3 Å². The Hall–Kier alpha value is -1.10. The summed E-state index contributed by atoms with van der Waals surface area (Å²) in [5.41, 5.74) is 4.78. The predicted octanol–water partition coefficient (Wildman–Crippen LogP) is 2.37. The highest BCUT2D eigenvalue weighted by atomic mass is 16.5. The summed E-state index contributed by atoms with van der Waals surface area (Å²) >= 11 is 0. The number of hydrazine groups is 1. The zero-order valence-corrected chi connectivity index (χ0v) is 11.9. The highest BCUT2D eigenvalue weighted by Gasteiger charge is 2.13. The highest BCUT2D eigenvalue weighted by Crippen LogP contribution is 2.18. The fourth-order valence-corrected chi connectivity index (χ4v) is 2.11. The Morgan fingerprint density at radius 1 is 1.26 bits per heavy atom. The number of ether oxygens (including phenoxy) is 2. The van der Waals surface area contributed by atoms with Gasteiger partial charge in [0.15, 0.2) is 0 Å². The van der Waals surface area contributed by atoms with E-state index in [-0.39, 0.29) is 0 Å². The third kappa shape index (κ3) is 4.49. The molecule has 106 valence electrons. The molecule has 1 heterocycles. The van der Waals surface area contributed by atoms with Gasteiger partial charge in [0, 0.05) is 19.1 Å². The van der Waals surface area contributed by atoms with Crippen LogP contribution >= 0.6 is 0 Å². The average Bonchev–Trinajstić information content (AvgIpc) is 2.46. The van der Waals surface area contributed by atoms with Gasteiger partial charge in [-0.2, -0.15) is 0 Å². The minimum absolute atomic E-state index is 0.304. The monoisotopic (exact) mass is 264 g/mol. The Balaban J connectivity index is 1.85. The van der Waals surface area contributed by atoms with Crippen LogP contribution in [0, 0.1) is 0 Å². The molecule has 1 aromatic carbocycles.